The lowest BCUT2D eigenvalue weighted by atomic mass is 10.2. The summed E-state index contributed by atoms with van der Waals surface area (Å²) in [4.78, 5) is 19.7. The number of halogens is 1. The fourth-order valence-electron chi connectivity index (χ4n) is 2.51. The Morgan fingerprint density at radius 2 is 2.03 bits per heavy atom. The quantitative estimate of drug-likeness (QED) is 0.289. The van der Waals surface area contributed by atoms with Crippen LogP contribution in [0.4, 0.5) is 11.6 Å². The van der Waals surface area contributed by atoms with Gasteiger partial charge >= 0.3 is 5.97 Å². The molecule has 11 heteroatoms. The summed E-state index contributed by atoms with van der Waals surface area (Å²) in [5.41, 5.74) is 0.609. The number of ether oxygens (including phenoxy) is 4. The second kappa shape index (κ2) is 9.89. The van der Waals surface area contributed by atoms with Crippen molar-refractivity contribution in [2.24, 2.45) is 0 Å². The number of esters is 1. The molecule has 2 aromatic heterocycles. The van der Waals surface area contributed by atoms with E-state index in [1.54, 1.807) is 19.2 Å². The highest BCUT2D eigenvalue weighted by atomic mass is 35.5. The van der Waals surface area contributed by atoms with E-state index in [9.17, 15) is 4.79 Å². The Labute approximate surface area is 171 Å². The average molecular weight is 422 g/mol. The van der Waals surface area contributed by atoms with Gasteiger partial charge in [0, 0.05) is 32.2 Å². The third-order valence-electron chi connectivity index (χ3n) is 3.62. The molecule has 3 aromatic rings. The SMILES string of the molecule is COCCOc1cc(OCCCl)c2c(Nc3cc(OC(C)=O)[nH]n3)ncnc2c1. The maximum atomic E-state index is 11.1. The van der Waals surface area contributed by atoms with E-state index in [0.29, 0.717) is 59.7 Å². The van der Waals surface area contributed by atoms with Crippen LogP contribution in [0.25, 0.3) is 10.9 Å². The molecular formula is C18H20ClN5O5. The molecule has 0 aliphatic rings. The minimum Gasteiger partial charge on any atom is -0.491 e. The second-order valence-corrected chi connectivity index (χ2v) is 6.13. The Morgan fingerprint density at radius 3 is 2.79 bits per heavy atom. The number of H-pyrrole nitrogens is 1. The number of carbonyl (C=O) groups is 1. The smallest absolute Gasteiger partial charge is 0.309 e. The predicted molar refractivity (Wildman–Crippen MR) is 106 cm³/mol. The second-order valence-electron chi connectivity index (χ2n) is 5.75. The van der Waals surface area contributed by atoms with Crippen molar-refractivity contribution in [1.82, 2.24) is 20.2 Å². The molecule has 29 heavy (non-hydrogen) atoms. The molecule has 10 nitrogen and oxygen atoms in total. The number of benzene rings is 1. The third-order valence-corrected chi connectivity index (χ3v) is 3.78. The summed E-state index contributed by atoms with van der Waals surface area (Å²) in [7, 11) is 1.60. The summed E-state index contributed by atoms with van der Waals surface area (Å²) in [5.74, 6) is 2.04. The van der Waals surface area contributed by atoms with Crippen molar-refractivity contribution in [1.29, 1.82) is 0 Å². The molecule has 0 saturated heterocycles. The lowest BCUT2D eigenvalue weighted by Gasteiger charge is -2.14. The van der Waals surface area contributed by atoms with Crippen LogP contribution >= 0.6 is 11.6 Å². The van der Waals surface area contributed by atoms with Gasteiger partial charge in [-0.3, -0.25) is 4.79 Å². The summed E-state index contributed by atoms with van der Waals surface area (Å²) >= 11 is 5.78. The molecule has 2 heterocycles. The Kier molecular flexibility index (Phi) is 7.04. The van der Waals surface area contributed by atoms with Crippen LogP contribution in [0.15, 0.2) is 24.5 Å². The van der Waals surface area contributed by atoms with Crippen molar-refractivity contribution in [2.75, 3.05) is 38.1 Å². The molecule has 0 spiro atoms. The average Bonchev–Trinajstić information content (AvgIpc) is 3.12. The fourth-order valence-corrected chi connectivity index (χ4v) is 2.59. The molecule has 2 N–H and O–H groups in total. The van der Waals surface area contributed by atoms with Gasteiger partial charge in [-0.15, -0.1) is 11.6 Å². The molecule has 0 unspecified atom stereocenters. The third kappa shape index (κ3) is 5.46. The number of rotatable bonds is 10. The summed E-state index contributed by atoms with van der Waals surface area (Å²) in [6.07, 6.45) is 1.41. The van der Waals surface area contributed by atoms with Crippen molar-refractivity contribution in [3.8, 4) is 17.4 Å². The molecule has 0 amide bonds. The highest BCUT2D eigenvalue weighted by Crippen LogP contribution is 2.35. The van der Waals surface area contributed by atoms with Crippen molar-refractivity contribution in [3.05, 3.63) is 24.5 Å². The monoisotopic (exact) mass is 421 g/mol. The lowest BCUT2D eigenvalue weighted by Crippen LogP contribution is -2.06. The number of nitrogens with zero attached hydrogens (tertiary/aromatic N) is 3. The van der Waals surface area contributed by atoms with Gasteiger partial charge in [-0.25, -0.2) is 15.1 Å². The number of hydrogen-bond acceptors (Lipinski definition) is 9. The van der Waals surface area contributed by atoms with Gasteiger partial charge in [-0.2, -0.15) is 5.10 Å². The number of methoxy groups -OCH3 is 1. The fraction of sp³-hybridized carbons (Fsp3) is 0.333. The number of aromatic amines is 1. The normalized spacial score (nSPS) is 10.7. The molecule has 0 atom stereocenters. The van der Waals surface area contributed by atoms with Crippen LogP contribution < -0.4 is 19.5 Å². The lowest BCUT2D eigenvalue weighted by molar-refractivity contribution is -0.132. The highest BCUT2D eigenvalue weighted by molar-refractivity contribution is 6.18. The summed E-state index contributed by atoms with van der Waals surface area (Å²) in [6.45, 7) is 2.44. The minimum atomic E-state index is -0.453. The van der Waals surface area contributed by atoms with E-state index in [2.05, 4.69) is 25.5 Å². The van der Waals surface area contributed by atoms with Gasteiger partial charge in [0.05, 0.1) is 23.4 Å². The molecule has 0 saturated carbocycles. The molecule has 0 bridgehead atoms. The zero-order valence-electron chi connectivity index (χ0n) is 15.9. The number of alkyl halides is 1. The first-order valence-electron chi connectivity index (χ1n) is 8.71. The first-order chi connectivity index (χ1) is 14.1. The topological polar surface area (TPSA) is 120 Å². The molecule has 1 aromatic carbocycles. The van der Waals surface area contributed by atoms with Gasteiger partial charge in [-0.05, 0) is 0 Å². The van der Waals surface area contributed by atoms with E-state index in [-0.39, 0.29) is 5.88 Å². The van der Waals surface area contributed by atoms with E-state index in [1.165, 1.54) is 19.3 Å². The van der Waals surface area contributed by atoms with Crippen LogP contribution in [0.3, 0.4) is 0 Å². The van der Waals surface area contributed by atoms with Crippen LogP contribution in [0.2, 0.25) is 0 Å². The van der Waals surface area contributed by atoms with Crippen molar-refractivity contribution in [3.63, 3.8) is 0 Å². The van der Waals surface area contributed by atoms with Gasteiger partial charge in [0.1, 0.15) is 36.9 Å². The molecule has 154 valence electrons. The van der Waals surface area contributed by atoms with Crippen LogP contribution in [-0.2, 0) is 9.53 Å². The zero-order valence-corrected chi connectivity index (χ0v) is 16.7. The summed E-state index contributed by atoms with van der Waals surface area (Å²) in [6, 6.07) is 5.06. The van der Waals surface area contributed by atoms with Crippen LogP contribution in [-0.4, -0.2) is 58.9 Å². The molecule has 0 aliphatic heterocycles. The van der Waals surface area contributed by atoms with Gasteiger partial charge in [0.15, 0.2) is 5.82 Å². The Hall–Kier alpha value is -3.11. The van der Waals surface area contributed by atoms with Gasteiger partial charge in [-0.1, -0.05) is 0 Å². The van der Waals surface area contributed by atoms with Crippen molar-refractivity contribution < 1.29 is 23.7 Å². The Morgan fingerprint density at radius 1 is 1.17 bits per heavy atom. The Balaban J connectivity index is 1.94. The van der Waals surface area contributed by atoms with E-state index < -0.39 is 5.97 Å². The van der Waals surface area contributed by atoms with Gasteiger partial charge in [0.2, 0.25) is 5.88 Å². The van der Waals surface area contributed by atoms with Crippen LogP contribution in [0.1, 0.15) is 6.92 Å². The summed E-state index contributed by atoms with van der Waals surface area (Å²) < 4.78 is 21.5. The van der Waals surface area contributed by atoms with E-state index in [4.69, 9.17) is 30.5 Å². The largest absolute Gasteiger partial charge is 0.491 e. The number of nitrogens with one attached hydrogen (secondary N) is 2. The van der Waals surface area contributed by atoms with E-state index in [0.717, 1.165) is 0 Å². The number of anilines is 2. The molecule has 0 radical (unpaired) electrons. The van der Waals surface area contributed by atoms with E-state index in [1.807, 2.05) is 0 Å². The van der Waals surface area contributed by atoms with Crippen molar-refractivity contribution >= 4 is 40.1 Å². The van der Waals surface area contributed by atoms with Crippen LogP contribution in [0.5, 0.6) is 17.4 Å². The first kappa shape index (κ1) is 20.6. The number of carbonyl (C=O) groups excluding carboxylic acids is 1. The number of aromatic nitrogens is 4. The predicted octanol–water partition coefficient (Wildman–Crippen LogP) is 2.66. The minimum absolute atomic E-state index is 0.214. The van der Waals surface area contributed by atoms with E-state index >= 15 is 0 Å². The van der Waals surface area contributed by atoms with Gasteiger partial charge < -0.3 is 24.3 Å². The zero-order chi connectivity index (χ0) is 20.6. The number of hydrogen-bond donors (Lipinski definition) is 2. The molecule has 0 aliphatic carbocycles. The Bertz CT molecular complexity index is 980. The standard InChI is InChI=1S/C18H20ClN5O5/c1-11(25)29-16-9-15(23-24-16)22-18-17-13(20-10-21-18)7-12(27-6-5-26-2)8-14(17)28-4-3-19/h7-10H,3-6H2,1-2H3,(H2,20,21,22,23,24). The summed E-state index contributed by atoms with van der Waals surface area (Å²) in [5, 5.41) is 10.4. The molecular weight excluding hydrogens is 402 g/mol. The van der Waals surface area contributed by atoms with Gasteiger partial charge in [0.25, 0.3) is 0 Å². The maximum Gasteiger partial charge on any atom is 0.309 e. The maximum absolute atomic E-state index is 11.1. The molecule has 0 fully saturated rings. The van der Waals surface area contributed by atoms with Crippen LogP contribution in [0, 0.1) is 0 Å². The molecule has 3 rings (SSSR count). The first-order valence-corrected chi connectivity index (χ1v) is 9.24. The highest BCUT2D eigenvalue weighted by Gasteiger charge is 2.15. The number of fused-ring (bicyclic) bond motifs is 1. The van der Waals surface area contributed by atoms with Crippen molar-refractivity contribution in [2.45, 2.75) is 6.92 Å².